The Balaban J connectivity index is 1.85. The van der Waals surface area contributed by atoms with Crippen LogP contribution in [0.4, 0.5) is 0 Å². The lowest BCUT2D eigenvalue weighted by molar-refractivity contribution is 0.464. The van der Waals surface area contributed by atoms with Crippen LogP contribution in [-0.4, -0.2) is 10.6 Å². The van der Waals surface area contributed by atoms with E-state index in [9.17, 15) is 0 Å². The highest BCUT2D eigenvalue weighted by Gasteiger charge is 2.26. The number of rotatable bonds is 4. The van der Waals surface area contributed by atoms with Gasteiger partial charge in [0, 0.05) is 31.5 Å². The summed E-state index contributed by atoms with van der Waals surface area (Å²) in [5.41, 5.74) is 1.31. The Kier molecular flexibility index (Phi) is 3.63. The van der Waals surface area contributed by atoms with E-state index >= 15 is 0 Å². The first-order valence-electron chi connectivity index (χ1n) is 6.11. The summed E-state index contributed by atoms with van der Waals surface area (Å²) in [6.07, 6.45) is 7.67. The molecule has 2 rings (SSSR count). The third-order valence-electron chi connectivity index (χ3n) is 3.43. The smallest absolute Gasteiger partial charge is 0.0672 e. The molecule has 0 aliphatic heterocycles. The average molecular weight is 217 g/mol. The molecule has 1 aromatic rings. The van der Waals surface area contributed by atoms with Crippen LogP contribution in [0.1, 0.15) is 31.7 Å². The zero-order chi connectivity index (χ0) is 11.4. The number of aryl methyl sites for hydroxylation is 1. The molecule has 3 nitrogen and oxygen atoms in total. The lowest BCUT2D eigenvalue weighted by Gasteiger charge is -2.14. The molecule has 1 saturated carbocycles. The van der Waals surface area contributed by atoms with E-state index in [1.807, 2.05) is 0 Å². The van der Waals surface area contributed by atoms with Gasteiger partial charge in [0.25, 0.3) is 0 Å². The summed E-state index contributed by atoms with van der Waals surface area (Å²) >= 11 is 0. The molecule has 3 heteroatoms. The normalized spacial score (nSPS) is 24.5. The van der Waals surface area contributed by atoms with Gasteiger partial charge in [0.1, 0.15) is 0 Å². The molecule has 1 aliphatic carbocycles. The van der Waals surface area contributed by atoms with E-state index < -0.39 is 0 Å². The molecular weight excluding hydrogens is 198 g/mol. The minimum absolute atomic E-state index is 0.216. The van der Waals surface area contributed by atoms with Crippen molar-refractivity contribution in [2.75, 3.05) is 0 Å². The number of hydrogen-bond acceptors (Lipinski definition) is 2. The van der Waals surface area contributed by atoms with Crippen LogP contribution < -0.4 is 5.32 Å². The summed E-state index contributed by atoms with van der Waals surface area (Å²) in [5, 5.41) is 12.5. The predicted molar refractivity (Wildman–Crippen MR) is 63.7 cm³/mol. The molecule has 86 valence electrons. The fourth-order valence-corrected chi connectivity index (χ4v) is 2.40. The van der Waals surface area contributed by atoms with Crippen molar-refractivity contribution in [2.24, 2.45) is 5.92 Å². The van der Waals surface area contributed by atoms with Crippen LogP contribution in [0.25, 0.3) is 0 Å². The molecule has 1 N–H and O–H groups in total. The fraction of sp³-hybridized carbons (Fsp3) is 0.615. The lowest BCUT2D eigenvalue weighted by Crippen LogP contribution is -2.31. The number of aromatic nitrogens is 1. The topological polar surface area (TPSA) is 40.8 Å². The third kappa shape index (κ3) is 2.45. The van der Waals surface area contributed by atoms with Crippen LogP contribution in [0.15, 0.2) is 18.5 Å². The monoisotopic (exact) mass is 217 g/mol. The summed E-state index contributed by atoms with van der Waals surface area (Å²) in [4.78, 5) is 0. The molecule has 0 radical (unpaired) electrons. The molecular formula is C13H19N3. The van der Waals surface area contributed by atoms with E-state index in [1.165, 1.54) is 12.0 Å². The molecule has 1 fully saturated rings. The second kappa shape index (κ2) is 5.18. The molecule has 0 saturated heterocycles. The van der Waals surface area contributed by atoms with Gasteiger partial charge in [-0.3, -0.25) is 0 Å². The molecule has 0 bridgehead atoms. The van der Waals surface area contributed by atoms with E-state index in [0.717, 1.165) is 25.9 Å². The number of nitrogens with one attached hydrogen (secondary N) is 1. The minimum atomic E-state index is 0.216. The average Bonchev–Trinajstić information content (AvgIpc) is 2.94. The maximum absolute atomic E-state index is 8.98. The standard InChI is InChI=1S/C13H19N3/c1-2-16-7-6-11(10-16)9-15-13-5-3-4-12(13)8-14/h6-7,10,12-13,15H,2-5,9H2,1H3. The first-order chi connectivity index (χ1) is 7.83. The zero-order valence-electron chi connectivity index (χ0n) is 9.82. The van der Waals surface area contributed by atoms with Gasteiger partial charge < -0.3 is 9.88 Å². The third-order valence-corrected chi connectivity index (χ3v) is 3.43. The van der Waals surface area contributed by atoms with E-state index in [2.05, 4.69) is 41.3 Å². The minimum Gasteiger partial charge on any atom is -0.354 e. The van der Waals surface area contributed by atoms with Crippen molar-refractivity contribution >= 4 is 0 Å². The summed E-state index contributed by atoms with van der Waals surface area (Å²) in [5.74, 6) is 0.216. The van der Waals surface area contributed by atoms with Gasteiger partial charge in [-0.2, -0.15) is 5.26 Å². The summed E-state index contributed by atoms with van der Waals surface area (Å²) in [6, 6.07) is 4.94. The Morgan fingerprint density at radius 2 is 2.44 bits per heavy atom. The number of nitrogens with zero attached hydrogens (tertiary/aromatic N) is 2. The van der Waals surface area contributed by atoms with Gasteiger partial charge in [0.2, 0.25) is 0 Å². The molecule has 1 aromatic heterocycles. The lowest BCUT2D eigenvalue weighted by atomic mass is 10.1. The quantitative estimate of drug-likeness (QED) is 0.840. The Hall–Kier alpha value is -1.27. The highest BCUT2D eigenvalue weighted by Crippen LogP contribution is 2.25. The van der Waals surface area contributed by atoms with Gasteiger partial charge in [0.15, 0.2) is 0 Å². The van der Waals surface area contributed by atoms with Gasteiger partial charge in [0.05, 0.1) is 12.0 Å². The van der Waals surface area contributed by atoms with Crippen LogP contribution in [0.5, 0.6) is 0 Å². The summed E-state index contributed by atoms with van der Waals surface area (Å²) in [6.45, 7) is 4.04. The zero-order valence-corrected chi connectivity index (χ0v) is 9.82. The molecule has 1 aliphatic rings. The fourth-order valence-electron chi connectivity index (χ4n) is 2.40. The van der Waals surface area contributed by atoms with Crippen molar-refractivity contribution in [1.82, 2.24) is 9.88 Å². The summed E-state index contributed by atoms with van der Waals surface area (Å²) < 4.78 is 2.17. The molecule has 0 aromatic carbocycles. The Bertz CT molecular complexity index is 375. The van der Waals surface area contributed by atoms with Gasteiger partial charge in [-0.05, 0) is 31.4 Å². The second-order valence-corrected chi connectivity index (χ2v) is 4.50. The van der Waals surface area contributed by atoms with Crippen molar-refractivity contribution in [3.05, 3.63) is 24.0 Å². The SMILES string of the molecule is CCn1ccc(CNC2CCCC2C#N)c1. The number of nitriles is 1. The van der Waals surface area contributed by atoms with Crippen molar-refractivity contribution in [2.45, 2.75) is 45.3 Å². The Morgan fingerprint density at radius 3 is 3.12 bits per heavy atom. The molecule has 16 heavy (non-hydrogen) atoms. The Labute approximate surface area is 97.1 Å². The molecule has 2 atom stereocenters. The predicted octanol–water partition coefficient (Wildman–Crippen LogP) is 2.29. The first-order valence-corrected chi connectivity index (χ1v) is 6.11. The maximum Gasteiger partial charge on any atom is 0.0672 e. The molecule has 0 amide bonds. The largest absolute Gasteiger partial charge is 0.354 e. The van der Waals surface area contributed by atoms with Gasteiger partial charge in [-0.1, -0.05) is 6.42 Å². The van der Waals surface area contributed by atoms with Crippen molar-refractivity contribution < 1.29 is 0 Å². The van der Waals surface area contributed by atoms with E-state index in [-0.39, 0.29) is 5.92 Å². The maximum atomic E-state index is 8.98. The first kappa shape index (κ1) is 11.2. The van der Waals surface area contributed by atoms with Gasteiger partial charge in [-0.25, -0.2) is 0 Å². The van der Waals surface area contributed by atoms with Crippen LogP contribution in [0.2, 0.25) is 0 Å². The molecule has 2 unspecified atom stereocenters. The molecule has 0 spiro atoms. The van der Waals surface area contributed by atoms with Crippen LogP contribution in [0, 0.1) is 17.2 Å². The van der Waals surface area contributed by atoms with E-state index in [1.54, 1.807) is 0 Å². The summed E-state index contributed by atoms with van der Waals surface area (Å²) in [7, 11) is 0. The Morgan fingerprint density at radius 1 is 1.56 bits per heavy atom. The van der Waals surface area contributed by atoms with Crippen molar-refractivity contribution in [1.29, 1.82) is 5.26 Å². The van der Waals surface area contributed by atoms with Crippen molar-refractivity contribution in [3.8, 4) is 6.07 Å². The molecule has 1 heterocycles. The van der Waals surface area contributed by atoms with Crippen LogP contribution in [0.3, 0.4) is 0 Å². The van der Waals surface area contributed by atoms with Gasteiger partial charge >= 0.3 is 0 Å². The van der Waals surface area contributed by atoms with Gasteiger partial charge in [-0.15, -0.1) is 0 Å². The van der Waals surface area contributed by atoms with Crippen molar-refractivity contribution in [3.63, 3.8) is 0 Å². The van der Waals surface area contributed by atoms with E-state index in [0.29, 0.717) is 6.04 Å². The second-order valence-electron chi connectivity index (χ2n) is 4.50. The number of hydrogen-bond donors (Lipinski definition) is 1. The van der Waals surface area contributed by atoms with Crippen LogP contribution >= 0.6 is 0 Å². The van der Waals surface area contributed by atoms with E-state index in [4.69, 9.17) is 5.26 Å². The highest BCUT2D eigenvalue weighted by molar-refractivity contribution is 5.10. The van der Waals surface area contributed by atoms with Crippen LogP contribution in [-0.2, 0) is 13.1 Å². The highest BCUT2D eigenvalue weighted by atomic mass is 15.0.